The molecule has 8 heteroatoms. The summed E-state index contributed by atoms with van der Waals surface area (Å²) < 4.78 is 10.1. The van der Waals surface area contributed by atoms with Gasteiger partial charge in [0.2, 0.25) is 0 Å². The van der Waals surface area contributed by atoms with E-state index in [0.717, 1.165) is 24.8 Å². The van der Waals surface area contributed by atoms with Crippen LogP contribution >= 0.6 is 0 Å². The average Bonchev–Trinajstić information content (AvgIpc) is 3.03. The number of hydrogen-bond donors (Lipinski definition) is 2. The number of aliphatic hydroxyl groups is 1. The van der Waals surface area contributed by atoms with Crippen LogP contribution in [-0.4, -0.2) is 49.4 Å². The van der Waals surface area contributed by atoms with Gasteiger partial charge in [0.1, 0.15) is 6.04 Å². The van der Waals surface area contributed by atoms with Crippen molar-refractivity contribution in [2.75, 3.05) is 25.2 Å². The normalized spacial score (nSPS) is 17.2. The van der Waals surface area contributed by atoms with Crippen molar-refractivity contribution in [3.63, 3.8) is 0 Å². The summed E-state index contributed by atoms with van der Waals surface area (Å²) in [6.07, 6.45) is 4.47. The maximum atomic E-state index is 12.3. The maximum Gasteiger partial charge on any atom is 0.329 e. The number of urea groups is 1. The van der Waals surface area contributed by atoms with Gasteiger partial charge < -0.3 is 14.6 Å². The highest BCUT2D eigenvalue weighted by molar-refractivity contribution is 6.14. The number of ether oxygens (including phenoxy) is 2. The van der Waals surface area contributed by atoms with Gasteiger partial charge in [-0.25, -0.2) is 4.79 Å². The van der Waals surface area contributed by atoms with E-state index >= 15 is 0 Å². The van der Waals surface area contributed by atoms with Gasteiger partial charge in [0, 0.05) is 31.7 Å². The molecule has 1 aromatic rings. The molecule has 166 valence electrons. The van der Waals surface area contributed by atoms with Gasteiger partial charge in [-0.3, -0.25) is 19.8 Å². The first-order valence-corrected chi connectivity index (χ1v) is 10.5. The first-order chi connectivity index (χ1) is 14.5. The number of nitrogens with one attached hydrogen (secondary N) is 1. The summed E-state index contributed by atoms with van der Waals surface area (Å²) in [7, 11) is 1.34. The minimum atomic E-state index is -0.654. The Morgan fingerprint density at radius 2 is 1.90 bits per heavy atom. The van der Waals surface area contributed by atoms with Crippen LogP contribution in [-0.2, 0) is 19.1 Å². The number of carbonyl (C=O) groups excluding carboxylic acids is 3. The lowest BCUT2D eigenvalue weighted by molar-refractivity contribution is -0.141. The zero-order chi connectivity index (χ0) is 21.9. The number of hydrogen-bond acceptors (Lipinski definition) is 6. The molecule has 0 saturated carbocycles. The average molecular weight is 421 g/mol. The highest BCUT2D eigenvalue weighted by Crippen LogP contribution is 2.26. The van der Waals surface area contributed by atoms with Gasteiger partial charge in [-0.15, -0.1) is 0 Å². The Balaban J connectivity index is 1.89. The molecule has 1 aliphatic heterocycles. The Kier molecular flexibility index (Phi) is 9.76. The van der Waals surface area contributed by atoms with Crippen molar-refractivity contribution >= 4 is 23.6 Å². The van der Waals surface area contributed by atoms with Crippen molar-refractivity contribution in [1.82, 2.24) is 5.32 Å². The molecular formula is C22H32N2O6. The molecule has 1 heterocycles. The van der Waals surface area contributed by atoms with Gasteiger partial charge in [-0.2, -0.15) is 0 Å². The number of imide groups is 1. The molecule has 8 nitrogen and oxygen atoms in total. The lowest BCUT2D eigenvalue weighted by Crippen LogP contribution is -2.36. The minimum absolute atomic E-state index is 0.279. The van der Waals surface area contributed by atoms with E-state index in [4.69, 9.17) is 4.74 Å². The summed E-state index contributed by atoms with van der Waals surface area (Å²) in [4.78, 5) is 37.0. The van der Waals surface area contributed by atoms with E-state index < -0.39 is 18.2 Å². The highest BCUT2D eigenvalue weighted by atomic mass is 16.5. The van der Waals surface area contributed by atoms with Crippen molar-refractivity contribution in [3.05, 3.63) is 29.8 Å². The van der Waals surface area contributed by atoms with E-state index in [1.807, 2.05) is 0 Å². The van der Waals surface area contributed by atoms with E-state index in [-0.39, 0.29) is 24.9 Å². The molecule has 2 atom stereocenters. The Morgan fingerprint density at radius 3 is 2.57 bits per heavy atom. The predicted molar refractivity (Wildman–Crippen MR) is 112 cm³/mol. The molecule has 0 bridgehead atoms. The molecule has 1 aromatic carbocycles. The molecule has 0 radical (unpaired) electrons. The highest BCUT2D eigenvalue weighted by Gasteiger charge is 2.39. The van der Waals surface area contributed by atoms with E-state index in [1.165, 1.54) is 12.0 Å². The molecule has 0 aromatic heterocycles. The number of amides is 3. The number of unbranched alkanes of at least 4 members (excludes halogenated alkanes) is 2. The third-order valence-corrected chi connectivity index (χ3v) is 5.13. The SMILES string of the molecule is CCCCCC(O)c1ccc(N2C(=O)NC(=O)[C@@H]2CCOCCCC(=O)OC)cc1. The fraction of sp³-hybridized carbons (Fsp3) is 0.591. The van der Waals surface area contributed by atoms with Crippen LogP contribution < -0.4 is 10.2 Å². The quantitative estimate of drug-likeness (QED) is 0.289. The molecule has 0 aliphatic carbocycles. The Morgan fingerprint density at radius 1 is 1.17 bits per heavy atom. The second-order valence-electron chi connectivity index (χ2n) is 7.36. The van der Waals surface area contributed by atoms with E-state index in [9.17, 15) is 19.5 Å². The zero-order valence-electron chi connectivity index (χ0n) is 17.8. The van der Waals surface area contributed by atoms with Gasteiger partial charge in [0.15, 0.2) is 0 Å². The second kappa shape index (κ2) is 12.3. The molecule has 1 aliphatic rings. The van der Waals surface area contributed by atoms with Crippen LogP contribution in [0.1, 0.15) is 63.5 Å². The smallest absolute Gasteiger partial charge is 0.329 e. The van der Waals surface area contributed by atoms with Crippen molar-refractivity contribution in [3.8, 4) is 0 Å². The summed E-state index contributed by atoms with van der Waals surface area (Å²) in [5.41, 5.74) is 1.39. The molecule has 2 N–H and O–H groups in total. The van der Waals surface area contributed by atoms with Gasteiger partial charge in [-0.05, 0) is 30.5 Å². The number of anilines is 1. The summed E-state index contributed by atoms with van der Waals surface area (Å²) in [6.45, 7) is 2.78. The Labute approximate surface area is 177 Å². The molecule has 1 fully saturated rings. The maximum absolute atomic E-state index is 12.3. The van der Waals surface area contributed by atoms with Gasteiger partial charge in [-0.1, -0.05) is 38.3 Å². The molecule has 1 saturated heterocycles. The number of carbonyl (C=O) groups is 3. The number of esters is 1. The third kappa shape index (κ3) is 6.81. The van der Waals surface area contributed by atoms with E-state index in [2.05, 4.69) is 17.0 Å². The van der Waals surface area contributed by atoms with E-state index in [1.54, 1.807) is 24.3 Å². The lowest BCUT2D eigenvalue weighted by atomic mass is 10.0. The van der Waals surface area contributed by atoms with Gasteiger partial charge >= 0.3 is 12.0 Å². The molecule has 30 heavy (non-hydrogen) atoms. The standard InChI is InChI=1S/C22H32N2O6/c1-3-4-5-7-19(25)16-9-11-17(12-10-16)24-18(21(27)23-22(24)28)13-15-30-14-6-8-20(26)29-2/h9-12,18-19,25H,3-8,13-15H2,1-2H3,(H,23,27,28)/t18-,19?/m0/s1. The second-order valence-corrected chi connectivity index (χ2v) is 7.36. The van der Waals surface area contributed by atoms with Gasteiger partial charge in [0.05, 0.1) is 13.2 Å². The Bertz CT molecular complexity index is 706. The van der Waals surface area contributed by atoms with Crippen molar-refractivity contribution in [1.29, 1.82) is 0 Å². The van der Waals surface area contributed by atoms with Crippen LogP contribution in [0.3, 0.4) is 0 Å². The van der Waals surface area contributed by atoms with Crippen molar-refractivity contribution < 1.29 is 29.0 Å². The summed E-state index contributed by atoms with van der Waals surface area (Å²) in [6, 6.07) is 5.97. The first-order valence-electron chi connectivity index (χ1n) is 10.5. The van der Waals surface area contributed by atoms with Crippen LogP contribution in [0.25, 0.3) is 0 Å². The van der Waals surface area contributed by atoms with Crippen LogP contribution in [0, 0.1) is 0 Å². The molecule has 1 unspecified atom stereocenters. The zero-order valence-corrected chi connectivity index (χ0v) is 17.8. The number of rotatable bonds is 13. The van der Waals surface area contributed by atoms with Gasteiger partial charge in [0.25, 0.3) is 5.91 Å². The number of nitrogens with zero attached hydrogens (tertiary/aromatic N) is 1. The lowest BCUT2D eigenvalue weighted by Gasteiger charge is -2.22. The fourth-order valence-corrected chi connectivity index (χ4v) is 3.39. The number of methoxy groups -OCH3 is 1. The van der Waals surface area contributed by atoms with Crippen molar-refractivity contribution in [2.24, 2.45) is 0 Å². The topological polar surface area (TPSA) is 105 Å². The minimum Gasteiger partial charge on any atom is -0.469 e. The molecule has 0 spiro atoms. The largest absolute Gasteiger partial charge is 0.469 e. The number of benzene rings is 1. The predicted octanol–water partition coefficient (Wildman–Crippen LogP) is 3.09. The summed E-state index contributed by atoms with van der Waals surface area (Å²) in [5, 5.41) is 12.6. The molecule has 3 amide bonds. The fourth-order valence-electron chi connectivity index (χ4n) is 3.39. The Hall–Kier alpha value is -2.45. The number of aliphatic hydroxyl groups excluding tert-OH is 1. The summed E-state index contributed by atoms with van der Waals surface area (Å²) in [5.74, 6) is -0.647. The van der Waals surface area contributed by atoms with Crippen LogP contribution in [0.2, 0.25) is 0 Å². The van der Waals surface area contributed by atoms with Crippen LogP contribution in [0.15, 0.2) is 24.3 Å². The van der Waals surface area contributed by atoms with Crippen molar-refractivity contribution in [2.45, 2.75) is 64.0 Å². The van der Waals surface area contributed by atoms with E-state index in [0.29, 0.717) is 31.6 Å². The third-order valence-electron chi connectivity index (χ3n) is 5.13. The van der Waals surface area contributed by atoms with Crippen LogP contribution in [0.5, 0.6) is 0 Å². The van der Waals surface area contributed by atoms with Crippen LogP contribution in [0.4, 0.5) is 10.5 Å². The molecular weight excluding hydrogens is 388 g/mol. The summed E-state index contributed by atoms with van der Waals surface area (Å²) >= 11 is 0. The monoisotopic (exact) mass is 420 g/mol. The molecule has 2 rings (SSSR count). The first kappa shape index (κ1) is 23.8.